The minimum Gasteiger partial charge on any atom is -0.478 e. The van der Waals surface area contributed by atoms with E-state index < -0.39 is 5.97 Å². The van der Waals surface area contributed by atoms with Gasteiger partial charge in [-0.3, -0.25) is 4.79 Å². The fourth-order valence-corrected chi connectivity index (χ4v) is 2.58. The van der Waals surface area contributed by atoms with Gasteiger partial charge >= 0.3 is 5.97 Å². The summed E-state index contributed by atoms with van der Waals surface area (Å²) >= 11 is 7.01. The zero-order chi connectivity index (χ0) is 15.2. The molecule has 0 saturated heterocycles. The van der Waals surface area contributed by atoms with Gasteiger partial charge in [0.1, 0.15) is 0 Å². The van der Waals surface area contributed by atoms with Crippen LogP contribution in [0, 0.1) is 0 Å². The predicted octanol–water partition coefficient (Wildman–Crippen LogP) is 3.43. The van der Waals surface area contributed by atoms with Crippen LogP contribution in [0.5, 0.6) is 0 Å². The molecule has 1 aromatic heterocycles. The number of carbonyl (C=O) groups excluding carboxylic acids is 1. The second kappa shape index (κ2) is 7.06. The number of carbonyl (C=O) groups is 2. The van der Waals surface area contributed by atoms with Crippen molar-refractivity contribution in [1.29, 1.82) is 0 Å². The number of rotatable bonds is 5. The Labute approximate surface area is 130 Å². The molecule has 0 saturated carbocycles. The Morgan fingerprint density at radius 3 is 2.48 bits per heavy atom. The molecule has 4 nitrogen and oxygen atoms in total. The number of halogens is 1. The van der Waals surface area contributed by atoms with E-state index in [4.69, 9.17) is 16.7 Å². The first-order chi connectivity index (χ1) is 10.0. The van der Waals surface area contributed by atoms with E-state index in [0.717, 1.165) is 17.2 Å². The van der Waals surface area contributed by atoms with E-state index in [1.807, 2.05) is 12.1 Å². The van der Waals surface area contributed by atoms with E-state index in [1.165, 1.54) is 17.4 Å². The van der Waals surface area contributed by atoms with Gasteiger partial charge in [0.2, 0.25) is 0 Å². The lowest BCUT2D eigenvalue weighted by molar-refractivity contribution is -0.131. The molecule has 1 aromatic carbocycles. The van der Waals surface area contributed by atoms with Crippen LogP contribution in [0.1, 0.15) is 20.8 Å². The molecular weight excluding hydrogens is 310 g/mol. The van der Waals surface area contributed by atoms with Gasteiger partial charge in [0, 0.05) is 12.6 Å². The molecule has 1 heterocycles. The molecule has 0 aliphatic carbocycles. The molecule has 0 aliphatic rings. The minimum atomic E-state index is -0.985. The topological polar surface area (TPSA) is 66.4 Å². The lowest BCUT2D eigenvalue weighted by Gasteiger charge is -2.04. The molecule has 0 aliphatic heterocycles. The molecule has 1 amide bonds. The number of hydrogen-bond donors (Lipinski definition) is 2. The minimum absolute atomic E-state index is 0.165. The van der Waals surface area contributed by atoms with E-state index in [0.29, 0.717) is 15.8 Å². The van der Waals surface area contributed by atoms with E-state index in [1.54, 1.807) is 24.3 Å². The van der Waals surface area contributed by atoms with Crippen LogP contribution in [0.2, 0.25) is 4.34 Å². The zero-order valence-electron chi connectivity index (χ0n) is 10.9. The molecule has 2 N–H and O–H groups in total. The highest BCUT2D eigenvalue weighted by Gasteiger charge is 2.07. The lowest BCUT2D eigenvalue weighted by Crippen LogP contribution is -2.21. The Bertz CT molecular complexity index is 676. The summed E-state index contributed by atoms with van der Waals surface area (Å²) in [6, 6.07) is 10.6. The molecule has 2 aromatic rings. The first kappa shape index (κ1) is 15.3. The first-order valence-corrected chi connectivity index (χ1v) is 7.27. The quantitative estimate of drug-likeness (QED) is 0.829. The molecule has 0 atom stereocenters. The van der Waals surface area contributed by atoms with Gasteiger partial charge in [-0.15, -0.1) is 11.3 Å². The number of benzene rings is 1. The fraction of sp³-hybridized carbons (Fsp3) is 0.0667. The number of aliphatic carboxylic acids is 1. The number of hydrogen-bond acceptors (Lipinski definition) is 3. The first-order valence-electron chi connectivity index (χ1n) is 6.08. The smallest absolute Gasteiger partial charge is 0.328 e. The Balaban J connectivity index is 1.92. The lowest BCUT2D eigenvalue weighted by atomic mass is 10.1. The number of carboxylic acids is 1. The van der Waals surface area contributed by atoms with Crippen molar-refractivity contribution in [2.75, 3.05) is 0 Å². The summed E-state index contributed by atoms with van der Waals surface area (Å²) in [5.74, 6) is -1.15. The number of carboxylic acid groups (broad SMARTS) is 1. The SMILES string of the molecule is O=C(O)C=Cc1ccc(CNC(=O)c2ccc(Cl)s2)cc1. The summed E-state index contributed by atoms with van der Waals surface area (Å²) in [5.41, 5.74) is 1.72. The maximum atomic E-state index is 11.8. The molecule has 0 fully saturated rings. The number of amides is 1. The highest BCUT2D eigenvalue weighted by molar-refractivity contribution is 7.17. The third-order valence-corrected chi connectivity index (χ3v) is 3.88. The maximum absolute atomic E-state index is 11.8. The highest BCUT2D eigenvalue weighted by atomic mass is 35.5. The van der Waals surface area contributed by atoms with Gasteiger partial charge in [0.15, 0.2) is 0 Å². The van der Waals surface area contributed by atoms with Crippen LogP contribution in [0.25, 0.3) is 6.08 Å². The van der Waals surface area contributed by atoms with Crippen LogP contribution in [-0.2, 0) is 11.3 Å². The van der Waals surface area contributed by atoms with E-state index in [-0.39, 0.29) is 5.91 Å². The van der Waals surface area contributed by atoms with Crippen LogP contribution in [-0.4, -0.2) is 17.0 Å². The van der Waals surface area contributed by atoms with Crippen molar-refractivity contribution in [1.82, 2.24) is 5.32 Å². The average Bonchev–Trinajstić information content (AvgIpc) is 2.90. The van der Waals surface area contributed by atoms with Crippen LogP contribution >= 0.6 is 22.9 Å². The van der Waals surface area contributed by atoms with Crippen molar-refractivity contribution in [3.63, 3.8) is 0 Å². The summed E-state index contributed by atoms with van der Waals surface area (Å²) < 4.78 is 0.578. The second-order valence-electron chi connectivity index (χ2n) is 4.20. The molecule has 108 valence electrons. The van der Waals surface area contributed by atoms with E-state index >= 15 is 0 Å². The summed E-state index contributed by atoms with van der Waals surface area (Å²) in [4.78, 5) is 22.8. The van der Waals surface area contributed by atoms with E-state index in [2.05, 4.69) is 5.32 Å². The third kappa shape index (κ3) is 4.73. The molecule has 0 bridgehead atoms. The van der Waals surface area contributed by atoms with Crippen molar-refractivity contribution < 1.29 is 14.7 Å². The Kier molecular flexibility index (Phi) is 5.14. The molecule has 21 heavy (non-hydrogen) atoms. The van der Waals surface area contributed by atoms with Crippen LogP contribution in [0.15, 0.2) is 42.5 Å². The van der Waals surface area contributed by atoms with Crippen LogP contribution < -0.4 is 5.32 Å². The third-order valence-electron chi connectivity index (χ3n) is 2.65. The number of nitrogens with one attached hydrogen (secondary N) is 1. The van der Waals surface area contributed by atoms with Crippen LogP contribution in [0.4, 0.5) is 0 Å². The standard InChI is InChI=1S/C15H12ClNO3S/c16-13-7-6-12(21-13)15(20)17-9-11-3-1-10(2-4-11)5-8-14(18)19/h1-8H,9H2,(H,17,20)(H,18,19). The molecule has 0 spiro atoms. The van der Waals surface area contributed by atoms with Gasteiger partial charge in [-0.2, -0.15) is 0 Å². The van der Waals surface area contributed by atoms with Gasteiger partial charge in [-0.1, -0.05) is 35.9 Å². The van der Waals surface area contributed by atoms with E-state index in [9.17, 15) is 9.59 Å². The fourth-order valence-electron chi connectivity index (χ4n) is 1.62. The summed E-state index contributed by atoms with van der Waals surface area (Å²) in [5, 5.41) is 11.3. The Morgan fingerprint density at radius 1 is 1.19 bits per heavy atom. The maximum Gasteiger partial charge on any atom is 0.328 e. The van der Waals surface area contributed by atoms with Gasteiger partial charge < -0.3 is 10.4 Å². The summed E-state index contributed by atoms with van der Waals surface area (Å²) in [6.07, 6.45) is 2.59. The molecule has 0 radical (unpaired) electrons. The van der Waals surface area contributed by atoms with Crippen molar-refractivity contribution in [2.24, 2.45) is 0 Å². The summed E-state index contributed by atoms with van der Waals surface area (Å²) in [7, 11) is 0. The van der Waals surface area contributed by atoms with Gasteiger partial charge in [-0.25, -0.2) is 4.79 Å². The van der Waals surface area contributed by atoms with Crippen molar-refractivity contribution in [2.45, 2.75) is 6.54 Å². The van der Waals surface area contributed by atoms with Gasteiger partial charge in [0.05, 0.1) is 9.21 Å². The molecular formula is C15H12ClNO3S. The normalized spacial score (nSPS) is 10.7. The van der Waals surface area contributed by atoms with Crippen molar-refractivity contribution in [3.05, 3.63) is 62.8 Å². The molecule has 6 heteroatoms. The monoisotopic (exact) mass is 321 g/mol. The van der Waals surface area contributed by atoms with Crippen molar-refractivity contribution in [3.8, 4) is 0 Å². The Hall–Kier alpha value is -2.11. The zero-order valence-corrected chi connectivity index (χ0v) is 12.4. The highest BCUT2D eigenvalue weighted by Crippen LogP contribution is 2.21. The molecule has 0 unspecified atom stereocenters. The van der Waals surface area contributed by atoms with Gasteiger partial charge in [0.25, 0.3) is 5.91 Å². The number of thiophene rings is 1. The predicted molar refractivity (Wildman–Crippen MR) is 83.6 cm³/mol. The largest absolute Gasteiger partial charge is 0.478 e. The second-order valence-corrected chi connectivity index (χ2v) is 5.91. The van der Waals surface area contributed by atoms with Crippen LogP contribution in [0.3, 0.4) is 0 Å². The average molecular weight is 322 g/mol. The Morgan fingerprint density at radius 2 is 1.90 bits per heavy atom. The van der Waals surface area contributed by atoms with Crippen molar-refractivity contribution >= 4 is 40.9 Å². The van der Waals surface area contributed by atoms with Gasteiger partial charge in [-0.05, 0) is 29.3 Å². The molecule has 2 rings (SSSR count). The summed E-state index contributed by atoms with van der Waals surface area (Å²) in [6.45, 7) is 0.400.